The smallest absolute Gasteiger partial charge is 0.130 e. The Hall–Kier alpha value is -4.02. The Morgan fingerprint density at radius 1 is 0.759 bits per heavy atom. The third-order valence-electron chi connectivity index (χ3n) is 5.59. The van der Waals surface area contributed by atoms with Crippen molar-refractivity contribution >= 4 is 17.5 Å². The summed E-state index contributed by atoms with van der Waals surface area (Å²) >= 11 is 0. The highest BCUT2D eigenvalue weighted by Crippen LogP contribution is 2.39. The van der Waals surface area contributed by atoms with Crippen LogP contribution in [0.1, 0.15) is 16.7 Å². The molecule has 0 aromatic heterocycles. The first-order valence-electron chi connectivity index (χ1n) is 9.58. The lowest BCUT2D eigenvalue weighted by molar-refractivity contribution is 0.651. The second-order valence-electron chi connectivity index (χ2n) is 7.42. The molecule has 0 atom stereocenters. The van der Waals surface area contributed by atoms with Gasteiger partial charge in [-0.2, -0.15) is 10.5 Å². The van der Waals surface area contributed by atoms with Crippen LogP contribution < -0.4 is 9.80 Å². The molecule has 3 aromatic carbocycles. The van der Waals surface area contributed by atoms with Crippen LogP contribution in [0.15, 0.2) is 72.3 Å². The molecule has 2 heterocycles. The lowest BCUT2D eigenvalue weighted by Crippen LogP contribution is -2.46. The summed E-state index contributed by atoms with van der Waals surface area (Å²) in [5, 5.41) is 18.0. The number of fused-ring (bicyclic) bond motifs is 6. The summed E-state index contributed by atoms with van der Waals surface area (Å²) in [6, 6.07) is 27.3. The minimum absolute atomic E-state index is 0.125. The first-order valence-corrected chi connectivity index (χ1v) is 9.58. The summed E-state index contributed by atoms with van der Waals surface area (Å²) in [7, 11) is 0. The van der Waals surface area contributed by atoms with Gasteiger partial charge in [0.05, 0.1) is 6.67 Å². The molecule has 0 N–H and O–H groups in total. The largest absolute Gasteiger partial charge is 0.349 e. The maximum Gasteiger partial charge on any atom is 0.130 e. The van der Waals surface area contributed by atoms with Crippen LogP contribution in [0.4, 0.5) is 11.4 Å². The van der Waals surface area contributed by atoms with Crippen molar-refractivity contribution in [3.05, 3.63) is 89.0 Å². The van der Waals surface area contributed by atoms with E-state index in [-0.39, 0.29) is 5.57 Å². The highest BCUT2D eigenvalue weighted by molar-refractivity contribution is 5.74. The van der Waals surface area contributed by atoms with Crippen LogP contribution in [0.3, 0.4) is 0 Å². The van der Waals surface area contributed by atoms with E-state index in [1.807, 2.05) is 24.3 Å². The van der Waals surface area contributed by atoms with E-state index < -0.39 is 0 Å². The van der Waals surface area contributed by atoms with Gasteiger partial charge in [-0.05, 0) is 58.2 Å². The number of hydrogen-bond donors (Lipinski definition) is 0. The number of nitrogens with zero attached hydrogens (tertiary/aromatic N) is 4. The van der Waals surface area contributed by atoms with Gasteiger partial charge in [-0.3, -0.25) is 0 Å². The predicted molar refractivity (Wildman–Crippen MR) is 115 cm³/mol. The van der Waals surface area contributed by atoms with Crippen LogP contribution >= 0.6 is 0 Å². The van der Waals surface area contributed by atoms with Crippen LogP contribution in [0.2, 0.25) is 0 Å². The second-order valence-corrected chi connectivity index (χ2v) is 7.42. The van der Waals surface area contributed by atoms with E-state index in [1.54, 1.807) is 6.08 Å². The molecule has 0 saturated carbocycles. The number of allylic oxidation sites excluding steroid dienone is 1. The number of nitriles is 2. The minimum atomic E-state index is 0.125. The second kappa shape index (κ2) is 6.86. The normalized spacial score (nSPS) is 13.6. The number of anilines is 2. The first-order chi connectivity index (χ1) is 14.2. The van der Waals surface area contributed by atoms with Gasteiger partial charge < -0.3 is 9.80 Å². The molecule has 2 aliphatic rings. The van der Waals surface area contributed by atoms with Gasteiger partial charge in [0.1, 0.15) is 17.7 Å². The zero-order chi connectivity index (χ0) is 19.8. The molecule has 0 fully saturated rings. The van der Waals surface area contributed by atoms with Crippen molar-refractivity contribution in [3.8, 4) is 23.3 Å². The van der Waals surface area contributed by atoms with E-state index in [2.05, 4.69) is 64.4 Å². The molecule has 29 heavy (non-hydrogen) atoms. The van der Waals surface area contributed by atoms with E-state index in [4.69, 9.17) is 10.5 Å². The summed E-state index contributed by atoms with van der Waals surface area (Å²) in [5.41, 5.74) is 8.56. The van der Waals surface area contributed by atoms with Crippen LogP contribution in [-0.2, 0) is 13.1 Å². The van der Waals surface area contributed by atoms with Crippen molar-refractivity contribution in [2.75, 3.05) is 16.5 Å². The molecule has 0 amide bonds. The van der Waals surface area contributed by atoms with Crippen molar-refractivity contribution < 1.29 is 0 Å². The van der Waals surface area contributed by atoms with Gasteiger partial charge in [0.2, 0.25) is 0 Å². The highest BCUT2D eigenvalue weighted by atomic mass is 15.4. The summed E-state index contributed by atoms with van der Waals surface area (Å²) in [6.45, 7) is 2.57. The van der Waals surface area contributed by atoms with Crippen LogP contribution in [0.5, 0.6) is 0 Å². The fourth-order valence-electron chi connectivity index (χ4n) is 4.26. The summed E-state index contributed by atoms with van der Waals surface area (Å²) in [4.78, 5) is 4.78. The zero-order valence-electron chi connectivity index (χ0n) is 15.8. The van der Waals surface area contributed by atoms with Crippen molar-refractivity contribution in [3.63, 3.8) is 0 Å². The number of rotatable bonds is 2. The van der Waals surface area contributed by atoms with Crippen molar-refractivity contribution in [2.24, 2.45) is 0 Å². The minimum Gasteiger partial charge on any atom is -0.349 e. The SMILES string of the molecule is N#CC(C#N)=Cc1ccc2c(c1)CN1CN2Cc2cc(-c3ccccc3)ccc21. The molecule has 2 aliphatic heterocycles. The fourth-order valence-corrected chi connectivity index (χ4v) is 4.26. The average molecular weight is 374 g/mol. The standard InChI is InChI=1S/C25H18N4/c26-13-19(14-27)10-18-6-8-24-22(11-18)15-28-17-29(24)16-23-12-21(7-9-25(23)28)20-4-2-1-3-5-20/h1-12H,15-17H2. The van der Waals surface area contributed by atoms with E-state index in [0.29, 0.717) is 0 Å². The average Bonchev–Trinajstić information content (AvgIpc) is 2.77. The lowest BCUT2D eigenvalue weighted by atomic mass is 9.96. The Bertz CT molecular complexity index is 1200. The third-order valence-corrected chi connectivity index (χ3v) is 5.59. The molecular formula is C25H18N4. The Morgan fingerprint density at radius 3 is 2.10 bits per heavy atom. The van der Waals surface area contributed by atoms with Crippen molar-refractivity contribution in [1.29, 1.82) is 10.5 Å². The Morgan fingerprint density at radius 2 is 1.41 bits per heavy atom. The van der Waals surface area contributed by atoms with E-state index in [0.717, 1.165) is 25.3 Å². The lowest BCUT2D eigenvalue weighted by Gasteiger charge is -2.45. The zero-order valence-corrected chi connectivity index (χ0v) is 15.8. The topological polar surface area (TPSA) is 54.1 Å². The molecule has 4 nitrogen and oxygen atoms in total. The Balaban J connectivity index is 1.50. The van der Waals surface area contributed by atoms with Gasteiger partial charge in [-0.25, -0.2) is 0 Å². The van der Waals surface area contributed by atoms with E-state index in [1.165, 1.54) is 33.6 Å². The van der Waals surface area contributed by atoms with Crippen molar-refractivity contribution in [2.45, 2.75) is 13.1 Å². The van der Waals surface area contributed by atoms with Gasteiger partial charge >= 0.3 is 0 Å². The fraction of sp³-hybridized carbons (Fsp3) is 0.120. The molecule has 0 saturated heterocycles. The number of benzene rings is 3. The molecule has 2 bridgehead atoms. The van der Waals surface area contributed by atoms with Gasteiger partial charge in [-0.15, -0.1) is 0 Å². The number of hydrogen-bond acceptors (Lipinski definition) is 4. The van der Waals surface area contributed by atoms with Crippen LogP contribution in [0.25, 0.3) is 17.2 Å². The molecule has 0 radical (unpaired) electrons. The molecular weight excluding hydrogens is 356 g/mol. The van der Waals surface area contributed by atoms with E-state index >= 15 is 0 Å². The Kier molecular flexibility index (Phi) is 4.04. The van der Waals surface area contributed by atoms with Crippen molar-refractivity contribution in [1.82, 2.24) is 0 Å². The first kappa shape index (κ1) is 17.1. The van der Waals surface area contributed by atoms with E-state index in [9.17, 15) is 0 Å². The van der Waals surface area contributed by atoms with Crippen LogP contribution in [0, 0.1) is 22.7 Å². The highest BCUT2D eigenvalue weighted by Gasteiger charge is 2.29. The molecule has 138 valence electrons. The molecule has 4 heteroatoms. The Labute approximate surface area is 170 Å². The molecule has 5 rings (SSSR count). The van der Waals surface area contributed by atoms with Gasteiger partial charge in [0, 0.05) is 24.5 Å². The quantitative estimate of drug-likeness (QED) is 0.587. The monoisotopic (exact) mass is 374 g/mol. The van der Waals surface area contributed by atoms with Crippen LogP contribution in [-0.4, -0.2) is 6.67 Å². The van der Waals surface area contributed by atoms with Gasteiger partial charge in [-0.1, -0.05) is 42.5 Å². The maximum atomic E-state index is 9.01. The summed E-state index contributed by atoms with van der Waals surface area (Å²) in [6.07, 6.45) is 1.65. The third kappa shape index (κ3) is 3.02. The maximum absolute atomic E-state index is 9.01. The molecule has 3 aromatic rings. The molecule has 0 spiro atoms. The molecule has 0 aliphatic carbocycles. The summed E-state index contributed by atoms with van der Waals surface area (Å²) in [5.74, 6) is 0. The molecule has 0 unspecified atom stereocenters. The summed E-state index contributed by atoms with van der Waals surface area (Å²) < 4.78 is 0. The predicted octanol–water partition coefficient (Wildman–Crippen LogP) is 5.08. The van der Waals surface area contributed by atoms with Gasteiger partial charge in [0.25, 0.3) is 0 Å². The van der Waals surface area contributed by atoms with Gasteiger partial charge in [0.15, 0.2) is 0 Å².